The van der Waals surface area contributed by atoms with E-state index in [0.29, 0.717) is 29.2 Å². The van der Waals surface area contributed by atoms with Crippen molar-refractivity contribution in [1.29, 1.82) is 0 Å². The molecular weight excluding hydrogens is 315 g/mol. The Morgan fingerprint density at radius 3 is 2.70 bits per heavy atom. The van der Waals surface area contributed by atoms with Gasteiger partial charge in [0, 0.05) is 55.5 Å². The lowest BCUT2D eigenvalue weighted by Gasteiger charge is -2.44. The minimum absolute atomic E-state index is 0.210. The maximum atomic E-state index is 14.0. The second kappa shape index (κ2) is 7.93. The van der Waals surface area contributed by atoms with Gasteiger partial charge in [0.1, 0.15) is 5.82 Å². The van der Waals surface area contributed by atoms with E-state index >= 15 is 0 Å². The van der Waals surface area contributed by atoms with Gasteiger partial charge in [-0.15, -0.1) is 0 Å². The highest BCUT2D eigenvalue weighted by molar-refractivity contribution is 6.31. The second-order valence-electron chi connectivity index (χ2n) is 6.78. The monoisotopic (exact) mass is 340 g/mol. The number of halogens is 2. The predicted molar refractivity (Wildman–Crippen MR) is 91.1 cm³/mol. The first kappa shape index (κ1) is 17.2. The number of benzene rings is 1. The minimum Gasteiger partial charge on any atom is -0.396 e. The van der Waals surface area contributed by atoms with Crippen LogP contribution < -0.4 is 0 Å². The number of hydrogen-bond acceptors (Lipinski definition) is 3. The lowest BCUT2D eigenvalue weighted by molar-refractivity contribution is 0.0263. The molecule has 5 heteroatoms. The summed E-state index contributed by atoms with van der Waals surface area (Å²) in [6.07, 6.45) is 5.99. The maximum absolute atomic E-state index is 14.0. The molecule has 1 aromatic carbocycles. The average molecular weight is 341 g/mol. The Morgan fingerprint density at radius 2 is 2.00 bits per heavy atom. The number of hydrogen-bond donors (Lipinski definition) is 1. The second-order valence-corrected chi connectivity index (χ2v) is 7.18. The number of aliphatic hydroxyl groups excluding tert-OH is 1. The van der Waals surface area contributed by atoms with Crippen LogP contribution in [0.5, 0.6) is 0 Å². The van der Waals surface area contributed by atoms with Crippen molar-refractivity contribution in [2.24, 2.45) is 0 Å². The van der Waals surface area contributed by atoms with Crippen LogP contribution in [0.4, 0.5) is 4.39 Å². The molecule has 128 valence electrons. The SMILES string of the molecule is OCCC1CN(Cc2c(F)cccc2Cl)CCN1C1CCCC1. The van der Waals surface area contributed by atoms with Crippen molar-refractivity contribution in [3.8, 4) is 0 Å². The van der Waals surface area contributed by atoms with Gasteiger partial charge in [0.25, 0.3) is 0 Å². The zero-order chi connectivity index (χ0) is 16.2. The summed E-state index contributed by atoms with van der Waals surface area (Å²) in [6, 6.07) is 5.91. The molecule has 1 unspecified atom stereocenters. The van der Waals surface area contributed by atoms with Crippen molar-refractivity contribution in [2.45, 2.75) is 50.7 Å². The summed E-state index contributed by atoms with van der Waals surface area (Å²) in [5.74, 6) is -0.227. The first-order valence-electron chi connectivity index (χ1n) is 8.71. The Balaban J connectivity index is 1.66. The molecule has 0 bridgehead atoms. The van der Waals surface area contributed by atoms with Gasteiger partial charge in [-0.3, -0.25) is 9.80 Å². The molecule has 1 heterocycles. The van der Waals surface area contributed by atoms with Crippen LogP contribution in [0, 0.1) is 5.82 Å². The Morgan fingerprint density at radius 1 is 1.22 bits per heavy atom. The third kappa shape index (κ3) is 4.05. The molecule has 1 aliphatic carbocycles. The summed E-state index contributed by atoms with van der Waals surface area (Å²) in [5, 5.41) is 9.92. The molecule has 1 aromatic rings. The number of nitrogens with zero attached hydrogens (tertiary/aromatic N) is 2. The smallest absolute Gasteiger partial charge is 0.129 e. The Labute approximate surface area is 143 Å². The van der Waals surface area contributed by atoms with E-state index in [4.69, 9.17) is 11.6 Å². The molecule has 23 heavy (non-hydrogen) atoms. The van der Waals surface area contributed by atoms with Gasteiger partial charge >= 0.3 is 0 Å². The van der Waals surface area contributed by atoms with Crippen LogP contribution >= 0.6 is 11.6 Å². The molecule has 1 aliphatic heterocycles. The largest absolute Gasteiger partial charge is 0.396 e. The van der Waals surface area contributed by atoms with E-state index < -0.39 is 0 Å². The van der Waals surface area contributed by atoms with Gasteiger partial charge in [0.2, 0.25) is 0 Å². The molecule has 1 N–H and O–H groups in total. The fraction of sp³-hybridized carbons (Fsp3) is 0.667. The van der Waals surface area contributed by atoms with Gasteiger partial charge < -0.3 is 5.11 Å². The van der Waals surface area contributed by atoms with Gasteiger partial charge in [-0.2, -0.15) is 0 Å². The molecule has 2 fully saturated rings. The van der Waals surface area contributed by atoms with E-state index in [1.165, 1.54) is 31.7 Å². The van der Waals surface area contributed by atoms with Crippen LogP contribution in [-0.4, -0.2) is 53.2 Å². The number of aliphatic hydroxyl groups is 1. The summed E-state index contributed by atoms with van der Waals surface area (Å²) in [7, 11) is 0. The topological polar surface area (TPSA) is 26.7 Å². The lowest BCUT2D eigenvalue weighted by atomic mass is 10.0. The molecule has 1 saturated heterocycles. The number of piperazine rings is 1. The predicted octanol–water partition coefficient (Wildman–Crippen LogP) is 3.29. The summed E-state index contributed by atoms with van der Waals surface area (Å²) in [5.41, 5.74) is 0.589. The van der Waals surface area contributed by atoms with E-state index in [-0.39, 0.29) is 12.4 Å². The van der Waals surface area contributed by atoms with Gasteiger partial charge in [-0.25, -0.2) is 4.39 Å². The van der Waals surface area contributed by atoms with Crippen molar-refractivity contribution in [3.63, 3.8) is 0 Å². The molecule has 1 atom stereocenters. The molecule has 3 nitrogen and oxygen atoms in total. The first-order chi connectivity index (χ1) is 11.2. The molecule has 3 rings (SSSR count). The Bertz CT molecular complexity index is 501. The minimum atomic E-state index is -0.227. The van der Waals surface area contributed by atoms with E-state index in [1.54, 1.807) is 12.1 Å². The van der Waals surface area contributed by atoms with Crippen LogP contribution in [0.2, 0.25) is 5.02 Å². The zero-order valence-corrected chi connectivity index (χ0v) is 14.3. The van der Waals surface area contributed by atoms with Crippen LogP contribution in [0.1, 0.15) is 37.7 Å². The third-order valence-electron chi connectivity index (χ3n) is 5.31. The normalized spacial score (nSPS) is 24.4. The summed E-state index contributed by atoms with van der Waals surface area (Å²) in [4.78, 5) is 4.86. The highest BCUT2D eigenvalue weighted by Crippen LogP contribution is 2.29. The van der Waals surface area contributed by atoms with Crippen LogP contribution in [0.25, 0.3) is 0 Å². The molecule has 0 radical (unpaired) electrons. The molecule has 1 saturated carbocycles. The number of rotatable bonds is 5. The molecule has 0 aromatic heterocycles. The van der Waals surface area contributed by atoms with Gasteiger partial charge in [-0.1, -0.05) is 30.5 Å². The maximum Gasteiger partial charge on any atom is 0.129 e. The van der Waals surface area contributed by atoms with Crippen molar-refractivity contribution >= 4 is 11.6 Å². The zero-order valence-electron chi connectivity index (χ0n) is 13.6. The molecule has 0 spiro atoms. The Kier molecular flexibility index (Phi) is 5.91. The van der Waals surface area contributed by atoms with Crippen molar-refractivity contribution in [3.05, 3.63) is 34.6 Å². The summed E-state index contributed by atoms with van der Waals surface area (Å²) >= 11 is 6.16. The molecule has 0 amide bonds. The van der Waals surface area contributed by atoms with Crippen LogP contribution in [0.15, 0.2) is 18.2 Å². The highest BCUT2D eigenvalue weighted by Gasteiger charge is 2.33. The standard InChI is InChI=1S/C18H26ClFN2O/c19-17-6-3-7-18(20)16(17)13-21-9-10-22(14-4-1-2-5-14)15(12-21)8-11-23/h3,6-7,14-15,23H,1-2,4-5,8-13H2. The third-order valence-corrected chi connectivity index (χ3v) is 5.67. The lowest BCUT2D eigenvalue weighted by Crippen LogP contribution is -2.56. The molecular formula is C18H26ClFN2O. The van der Waals surface area contributed by atoms with Gasteiger partial charge in [0.05, 0.1) is 0 Å². The van der Waals surface area contributed by atoms with Gasteiger partial charge in [0.15, 0.2) is 0 Å². The van der Waals surface area contributed by atoms with E-state index in [0.717, 1.165) is 26.1 Å². The van der Waals surface area contributed by atoms with Crippen molar-refractivity contribution in [2.75, 3.05) is 26.2 Å². The quantitative estimate of drug-likeness (QED) is 0.891. The van der Waals surface area contributed by atoms with E-state index in [9.17, 15) is 9.50 Å². The van der Waals surface area contributed by atoms with Crippen LogP contribution in [0.3, 0.4) is 0 Å². The molecule has 2 aliphatic rings. The van der Waals surface area contributed by atoms with E-state index in [2.05, 4.69) is 9.80 Å². The van der Waals surface area contributed by atoms with E-state index in [1.807, 2.05) is 0 Å². The first-order valence-corrected chi connectivity index (χ1v) is 9.08. The Hall–Kier alpha value is -0.680. The average Bonchev–Trinajstić information content (AvgIpc) is 3.06. The fourth-order valence-electron chi connectivity index (χ4n) is 4.11. The highest BCUT2D eigenvalue weighted by atomic mass is 35.5. The van der Waals surface area contributed by atoms with Crippen LogP contribution in [-0.2, 0) is 6.54 Å². The fourth-order valence-corrected chi connectivity index (χ4v) is 4.33. The van der Waals surface area contributed by atoms with Gasteiger partial charge in [-0.05, 0) is 31.4 Å². The summed E-state index contributed by atoms with van der Waals surface area (Å²) in [6.45, 7) is 3.57. The summed E-state index contributed by atoms with van der Waals surface area (Å²) < 4.78 is 14.0. The van der Waals surface area contributed by atoms with Crippen molar-refractivity contribution in [1.82, 2.24) is 9.80 Å². The van der Waals surface area contributed by atoms with Crippen molar-refractivity contribution < 1.29 is 9.50 Å².